The Labute approximate surface area is 526 Å². The van der Waals surface area contributed by atoms with Crippen LogP contribution in [0.25, 0.3) is 11.3 Å². The average molecular weight is 1350 g/mol. The third kappa shape index (κ3) is 16.9. The van der Waals surface area contributed by atoms with Gasteiger partial charge in [0.1, 0.15) is 22.6 Å². The molecule has 0 saturated carbocycles. The van der Waals surface area contributed by atoms with E-state index in [-0.39, 0.29) is 64.8 Å². The number of anilines is 5. The fourth-order valence-electron chi connectivity index (χ4n) is 11.6. The molecule has 484 valence electrons. The van der Waals surface area contributed by atoms with Crippen LogP contribution in [0.15, 0.2) is 60.7 Å². The Kier molecular flexibility index (Phi) is 20.2. The number of likely N-dealkylation sites (tertiary alicyclic amines) is 2. The van der Waals surface area contributed by atoms with Crippen LogP contribution >= 0.6 is 34.8 Å². The third-order valence-electron chi connectivity index (χ3n) is 16.1. The lowest BCUT2D eigenvalue weighted by molar-refractivity contribution is -0.147. The minimum atomic E-state index is -4.26. The summed E-state index contributed by atoms with van der Waals surface area (Å²) in [6.45, 7) is 5.71. The Bertz CT molecular complexity index is 3760. The van der Waals surface area contributed by atoms with Crippen LogP contribution in [0.5, 0.6) is 0 Å². The summed E-state index contributed by atoms with van der Waals surface area (Å²) in [5.74, 6) is 1.37. The Morgan fingerprint density at radius 2 is 0.955 bits per heavy atom. The predicted octanol–water partition coefficient (Wildman–Crippen LogP) is 8.46. The third-order valence-corrected chi connectivity index (χ3v) is 18.0. The normalized spacial score (nSPS) is 19.9. The summed E-state index contributed by atoms with van der Waals surface area (Å²) in [7, 11) is -7.31. The highest BCUT2D eigenvalue weighted by atomic mass is 35.5. The molecule has 6 aliphatic heterocycles. The maximum Gasteiger partial charge on any atom is 0.401 e. The molecule has 6 aliphatic rings. The summed E-state index contributed by atoms with van der Waals surface area (Å²) in [6.07, 6.45) is 0.459. The monoisotopic (exact) mass is 1340 g/mol. The van der Waals surface area contributed by atoms with E-state index in [2.05, 4.69) is 24.6 Å². The van der Waals surface area contributed by atoms with Gasteiger partial charge in [-0.05, 0) is 101 Å². The highest BCUT2D eigenvalue weighted by Gasteiger charge is 2.38. The molecule has 0 spiro atoms. The number of nitrogens with zero attached hydrogens (tertiary/aromatic N) is 13. The van der Waals surface area contributed by atoms with E-state index < -0.39 is 63.5 Å². The second-order valence-electron chi connectivity index (χ2n) is 22.9. The summed E-state index contributed by atoms with van der Waals surface area (Å²) in [4.78, 5) is 49.3. The molecule has 6 fully saturated rings. The van der Waals surface area contributed by atoms with Crippen molar-refractivity contribution in [3.8, 4) is 0 Å². The number of benzene rings is 2. The Hall–Kier alpha value is -6.15. The van der Waals surface area contributed by atoms with Crippen molar-refractivity contribution < 1.29 is 52.8 Å². The van der Waals surface area contributed by atoms with E-state index in [0.717, 1.165) is 69.3 Å². The van der Waals surface area contributed by atoms with Crippen LogP contribution in [0.3, 0.4) is 0 Å². The second kappa shape index (κ2) is 27.4. The topological polar surface area (TPSA) is 222 Å². The molecule has 2 amide bonds. The predicted molar refractivity (Wildman–Crippen MR) is 330 cm³/mol. The lowest BCUT2D eigenvalue weighted by atomic mass is 9.98. The van der Waals surface area contributed by atoms with Gasteiger partial charge in [-0.15, -0.1) is 0 Å². The number of sulfonamides is 2. The zero-order chi connectivity index (χ0) is 63.6. The number of piperazine rings is 2. The van der Waals surface area contributed by atoms with Gasteiger partial charge in [-0.1, -0.05) is 34.8 Å². The number of fused-ring (bicyclic) bond motifs is 2. The number of alkyl halides is 6. The van der Waals surface area contributed by atoms with Gasteiger partial charge in [0.15, 0.2) is 11.3 Å². The van der Waals surface area contributed by atoms with Crippen molar-refractivity contribution in [3.63, 3.8) is 0 Å². The SMILES string of the molecule is C1CNC1.CS(=O)(=O)Nc1ccc(Cl)cc1C(=O)N1CCCC[C@H]1c1cc2nc(Cl)cc(N3CCN(CC(F)(F)F)CC3)n2n1.CS(=O)(=O)Nc1ccc(Cl)cc1C(=O)N1CCCC[C@H]1c1cc2nc(N3CCC3)cc(N3CCN(CC(F)(F)F)CC3)n2n1. The van der Waals surface area contributed by atoms with Gasteiger partial charge >= 0.3 is 12.4 Å². The Balaban J connectivity index is 0.000000185. The molecule has 22 nitrogen and oxygen atoms in total. The molecule has 0 unspecified atom stereocenters. The number of halogens is 9. The molecule has 89 heavy (non-hydrogen) atoms. The van der Waals surface area contributed by atoms with Gasteiger partial charge in [0.05, 0.1) is 71.6 Å². The van der Waals surface area contributed by atoms with Crippen molar-refractivity contribution in [2.45, 2.75) is 75.8 Å². The first-order valence-corrected chi connectivity index (χ1v) is 34.2. The quantitative estimate of drug-likeness (QED) is 0.0729. The number of hydrogen-bond donors (Lipinski definition) is 3. The van der Waals surface area contributed by atoms with Gasteiger partial charge in [0.25, 0.3) is 11.8 Å². The van der Waals surface area contributed by atoms with Crippen LogP contribution < -0.4 is 29.5 Å². The van der Waals surface area contributed by atoms with Gasteiger partial charge in [0.2, 0.25) is 20.0 Å². The number of hydrogen-bond acceptors (Lipinski definition) is 16. The Morgan fingerprint density at radius 1 is 0.539 bits per heavy atom. The van der Waals surface area contributed by atoms with E-state index in [1.54, 1.807) is 31.0 Å². The fourth-order valence-corrected chi connectivity index (χ4v) is 13.3. The van der Waals surface area contributed by atoms with E-state index in [0.29, 0.717) is 85.6 Å². The molecule has 12 rings (SSSR count). The smallest absolute Gasteiger partial charge is 0.356 e. The van der Waals surface area contributed by atoms with E-state index >= 15 is 0 Å². The van der Waals surface area contributed by atoms with Gasteiger partial charge in [-0.3, -0.25) is 28.8 Å². The molecule has 10 heterocycles. The molecule has 2 aromatic carbocycles. The number of aromatic nitrogens is 6. The highest BCUT2D eigenvalue weighted by Crippen LogP contribution is 2.38. The summed E-state index contributed by atoms with van der Waals surface area (Å²) in [5.41, 5.74) is 2.80. The molecule has 0 bridgehead atoms. The van der Waals surface area contributed by atoms with Crippen LogP contribution in [0, 0.1) is 0 Å². The van der Waals surface area contributed by atoms with Crippen molar-refractivity contribution in [2.24, 2.45) is 0 Å². The van der Waals surface area contributed by atoms with E-state index in [9.17, 15) is 52.8 Å². The fraction of sp³-hybridized carbons (Fsp3) is 0.536. The molecule has 2 atom stereocenters. The van der Waals surface area contributed by atoms with Crippen molar-refractivity contribution >= 4 is 107 Å². The Morgan fingerprint density at radius 3 is 1.34 bits per heavy atom. The highest BCUT2D eigenvalue weighted by molar-refractivity contribution is 7.92. The maximum atomic E-state index is 14.0. The first kappa shape index (κ1) is 65.8. The van der Waals surface area contributed by atoms with Crippen LogP contribution in [0.4, 0.5) is 55.2 Å². The van der Waals surface area contributed by atoms with Crippen molar-refractivity contribution in [3.05, 3.63) is 98.4 Å². The van der Waals surface area contributed by atoms with Crippen molar-refractivity contribution in [1.82, 2.24) is 54.1 Å². The van der Waals surface area contributed by atoms with Crippen LogP contribution in [0.2, 0.25) is 15.2 Å². The summed E-state index contributed by atoms with van der Waals surface area (Å²) < 4.78 is 134. The summed E-state index contributed by atoms with van der Waals surface area (Å²) in [6, 6.07) is 15.2. The molecular formula is C56H69Cl3F6N16O6S2. The molecular weight excluding hydrogens is 1280 g/mol. The minimum Gasteiger partial charge on any atom is -0.356 e. The molecule has 0 aliphatic carbocycles. The van der Waals surface area contributed by atoms with E-state index in [1.165, 1.54) is 65.7 Å². The number of rotatable bonds is 13. The molecule has 0 radical (unpaired) electrons. The number of carbonyl (C=O) groups is 2. The van der Waals surface area contributed by atoms with Crippen LogP contribution in [-0.2, 0) is 20.0 Å². The van der Waals surface area contributed by atoms with Crippen LogP contribution in [-0.4, -0.2) is 207 Å². The first-order valence-electron chi connectivity index (χ1n) is 29.3. The summed E-state index contributed by atoms with van der Waals surface area (Å²) >= 11 is 18.7. The minimum absolute atomic E-state index is 0.122. The van der Waals surface area contributed by atoms with E-state index in [1.807, 2.05) is 21.9 Å². The summed E-state index contributed by atoms with van der Waals surface area (Å²) in [5, 5.41) is 13.6. The van der Waals surface area contributed by atoms with Crippen molar-refractivity contribution in [2.75, 3.05) is 141 Å². The largest absolute Gasteiger partial charge is 0.401 e. The van der Waals surface area contributed by atoms with E-state index in [4.69, 9.17) is 50.0 Å². The van der Waals surface area contributed by atoms with Gasteiger partial charge in [-0.2, -0.15) is 45.6 Å². The molecule has 3 N–H and O–H groups in total. The number of amides is 2. The standard InChI is InChI=1S/C28H34ClF3N8O3S.C25H28Cl2F3N7O3S.C3H7N/c1-44(42,43)35-21-7-6-19(29)15-20(21)27(41)39-10-3-2-5-23(39)22-16-25-33-24(37-8-4-9-37)17-26(40(25)34-22)38-13-11-36(12-14-38)18-28(30,31)32;1-41(39,40)33-18-6-5-16(26)12-17(18)24(38)36-7-3-2-4-20(36)19-13-22-31-21(27)14-23(37(22)32-19)35-10-8-34(9-11-35)15-25(28,29)30;1-2-4-3-1/h6-7,15-17,23,35H,2-5,8-14,18H2,1H3;5-6,12-14,20,33H,2-4,7-11,15H2,1H3;4H,1-3H2/t23-;20-;/m00./s1. The van der Waals surface area contributed by atoms with Gasteiger partial charge in [-0.25, -0.2) is 26.8 Å². The van der Waals surface area contributed by atoms with Crippen molar-refractivity contribution in [1.29, 1.82) is 0 Å². The first-order chi connectivity index (χ1) is 42.1. The zero-order valence-electron chi connectivity index (χ0n) is 48.9. The number of piperidine rings is 2. The molecule has 6 aromatic rings. The number of nitrogens with one attached hydrogen (secondary N) is 3. The molecule has 4 aromatic heterocycles. The van der Waals surface area contributed by atoms with Gasteiger partial charge < -0.3 is 29.8 Å². The maximum absolute atomic E-state index is 14.0. The lowest BCUT2D eigenvalue weighted by Gasteiger charge is -2.37. The second-order valence-corrected chi connectivity index (χ2v) is 27.7. The number of carbonyl (C=O) groups excluding carboxylic acids is 2. The van der Waals surface area contributed by atoms with Gasteiger partial charge in [0, 0.05) is 113 Å². The molecule has 33 heteroatoms. The lowest BCUT2D eigenvalue weighted by Crippen LogP contribution is -2.49. The van der Waals surface area contributed by atoms with Crippen LogP contribution in [0.1, 0.15) is 95.6 Å². The zero-order valence-corrected chi connectivity index (χ0v) is 52.8. The molecule has 6 saturated heterocycles. The average Bonchev–Trinajstić information content (AvgIpc) is 1.74.